The maximum atomic E-state index is 12.1. The summed E-state index contributed by atoms with van der Waals surface area (Å²) in [6.45, 7) is 7.03. The lowest BCUT2D eigenvalue weighted by atomic mass is 10.1. The highest BCUT2D eigenvalue weighted by Gasteiger charge is 2.15. The van der Waals surface area contributed by atoms with Crippen molar-refractivity contribution in [3.8, 4) is 0 Å². The molecular formula is C17H26ClN3O. The average Bonchev–Trinajstić information content (AvgIpc) is 2.47. The van der Waals surface area contributed by atoms with Crippen molar-refractivity contribution >= 4 is 29.0 Å². The predicted molar refractivity (Wildman–Crippen MR) is 94.0 cm³/mol. The van der Waals surface area contributed by atoms with E-state index in [4.69, 9.17) is 11.6 Å². The lowest BCUT2D eigenvalue weighted by Gasteiger charge is -2.29. The topological polar surface area (TPSA) is 35.6 Å². The molecule has 5 heteroatoms. The number of benzene rings is 1. The molecule has 1 aromatic carbocycles. The number of hydrogen-bond acceptors (Lipinski definition) is 2. The van der Waals surface area contributed by atoms with Crippen molar-refractivity contribution in [3.63, 3.8) is 0 Å². The van der Waals surface area contributed by atoms with Gasteiger partial charge in [-0.1, -0.05) is 25.4 Å². The summed E-state index contributed by atoms with van der Waals surface area (Å²) in [6.07, 6.45) is 3.73. The lowest BCUT2D eigenvalue weighted by Crippen LogP contribution is -2.34. The highest BCUT2D eigenvalue weighted by atomic mass is 35.5. The molecule has 22 heavy (non-hydrogen) atoms. The second kappa shape index (κ2) is 7.73. The molecule has 0 aliphatic carbocycles. The van der Waals surface area contributed by atoms with E-state index in [2.05, 4.69) is 24.1 Å². The van der Waals surface area contributed by atoms with Gasteiger partial charge in [-0.05, 0) is 43.4 Å². The third-order valence-electron chi connectivity index (χ3n) is 3.88. The zero-order valence-electron chi connectivity index (χ0n) is 13.7. The van der Waals surface area contributed by atoms with E-state index in [1.165, 1.54) is 19.3 Å². The van der Waals surface area contributed by atoms with Gasteiger partial charge in [-0.25, -0.2) is 4.79 Å². The van der Waals surface area contributed by atoms with Crippen LogP contribution in [0.2, 0.25) is 5.02 Å². The van der Waals surface area contributed by atoms with Crippen molar-refractivity contribution in [1.82, 2.24) is 4.90 Å². The minimum absolute atomic E-state index is 0.101. The third-order valence-corrected chi connectivity index (χ3v) is 4.18. The van der Waals surface area contributed by atoms with E-state index in [9.17, 15) is 4.79 Å². The minimum Gasteiger partial charge on any atom is -0.370 e. The Hall–Kier alpha value is -1.42. The van der Waals surface area contributed by atoms with Gasteiger partial charge in [0.25, 0.3) is 0 Å². The van der Waals surface area contributed by atoms with Crippen molar-refractivity contribution in [2.75, 3.05) is 36.9 Å². The zero-order chi connectivity index (χ0) is 16.1. The maximum Gasteiger partial charge on any atom is 0.321 e. The van der Waals surface area contributed by atoms with Gasteiger partial charge in [0, 0.05) is 32.4 Å². The van der Waals surface area contributed by atoms with Crippen LogP contribution in [-0.4, -0.2) is 37.6 Å². The predicted octanol–water partition coefficient (Wildman–Crippen LogP) is 4.45. The smallest absolute Gasteiger partial charge is 0.321 e. The normalized spacial score (nSPS) is 15.0. The van der Waals surface area contributed by atoms with Crippen LogP contribution in [0.3, 0.4) is 0 Å². The summed E-state index contributed by atoms with van der Waals surface area (Å²) in [5.41, 5.74) is 1.81. The van der Waals surface area contributed by atoms with E-state index in [1.807, 2.05) is 18.2 Å². The molecule has 1 N–H and O–H groups in total. The molecule has 1 aromatic rings. The zero-order valence-corrected chi connectivity index (χ0v) is 14.5. The van der Waals surface area contributed by atoms with Gasteiger partial charge in [-0.15, -0.1) is 0 Å². The number of urea groups is 1. The van der Waals surface area contributed by atoms with Crippen LogP contribution in [0, 0.1) is 5.92 Å². The van der Waals surface area contributed by atoms with Gasteiger partial charge >= 0.3 is 6.03 Å². The van der Waals surface area contributed by atoms with E-state index in [1.54, 1.807) is 11.9 Å². The molecule has 2 amide bonds. The van der Waals surface area contributed by atoms with E-state index in [-0.39, 0.29) is 6.03 Å². The Morgan fingerprint density at radius 3 is 2.59 bits per heavy atom. The number of nitrogens with one attached hydrogen (secondary N) is 1. The first-order valence-corrected chi connectivity index (χ1v) is 8.42. The van der Waals surface area contributed by atoms with Gasteiger partial charge in [-0.2, -0.15) is 0 Å². The van der Waals surface area contributed by atoms with E-state index in [0.717, 1.165) is 31.0 Å². The molecule has 2 rings (SSSR count). The molecule has 0 unspecified atom stereocenters. The number of amides is 2. The van der Waals surface area contributed by atoms with Crippen LogP contribution in [0.15, 0.2) is 18.2 Å². The van der Waals surface area contributed by atoms with Crippen LogP contribution in [0.4, 0.5) is 16.2 Å². The quantitative estimate of drug-likeness (QED) is 0.888. The first-order chi connectivity index (χ1) is 10.5. The summed E-state index contributed by atoms with van der Waals surface area (Å²) in [6, 6.07) is 5.67. The summed E-state index contributed by atoms with van der Waals surface area (Å²) in [5, 5.41) is 3.60. The Balaban J connectivity index is 2.01. The van der Waals surface area contributed by atoms with Crippen LogP contribution < -0.4 is 10.2 Å². The molecule has 0 spiro atoms. The third kappa shape index (κ3) is 4.54. The first-order valence-electron chi connectivity index (χ1n) is 8.04. The van der Waals surface area contributed by atoms with Crippen molar-refractivity contribution in [3.05, 3.63) is 23.2 Å². The highest BCUT2D eigenvalue weighted by molar-refractivity contribution is 6.33. The number of hydrogen-bond donors (Lipinski definition) is 1. The van der Waals surface area contributed by atoms with Crippen LogP contribution in [0.5, 0.6) is 0 Å². The van der Waals surface area contributed by atoms with Gasteiger partial charge < -0.3 is 15.1 Å². The summed E-state index contributed by atoms with van der Waals surface area (Å²) in [4.78, 5) is 16.1. The Morgan fingerprint density at radius 2 is 2.00 bits per heavy atom. The van der Waals surface area contributed by atoms with Crippen LogP contribution in [-0.2, 0) is 0 Å². The first kappa shape index (κ1) is 16.9. The summed E-state index contributed by atoms with van der Waals surface area (Å²) in [7, 11) is 1.80. The van der Waals surface area contributed by atoms with Crippen molar-refractivity contribution in [2.24, 2.45) is 5.92 Å². The Labute approximate surface area is 138 Å². The number of rotatable bonds is 4. The monoisotopic (exact) mass is 323 g/mol. The maximum absolute atomic E-state index is 12.1. The summed E-state index contributed by atoms with van der Waals surface area (Å²) in [5.74, 6) is 0.445. The molecule has 1 aliphatic rings. The van der Waals surface area contributed by atoms with Crippen LogP contribution in [0.25, 0.3) is 0 Å². The molecule has 0 saturated carbocycles. The van der Waals surface area contributed by atoms with Gasteiger partial charge in [-0.3, -0.25) is 0 Å². The molecule has 122 valence electrons. The number of carbonyl (C=O) groups excluding carboxylic acids is 1. The SMILES string of the molecule is CC(C)CN(C)C(=O)Nc1ccc(N2CCCCC2)c(Cl)c1. The molecule has 1 heterocycles. The number of piperidine rings is 1. The van der Waals surface area contributed by atoms with Crippen molar-refractivity contribution < 1.29 is 4.79 Å². The lowest BCUT2D eigenvalue weighted by molar-refractivity contribution is 0.217. The Kier molecular flexibility index (Phi) is 5.95. The fourth-order valence-corrected chi connectivity index (χ4v) is 3.13. The number of anilines is 2. The largest absolute Gasteiger partial charge is 0.370 e. The summed E-state index contributed by atoms with van der Waals surface area (Å²) < 4.78 is 0. The van der Waals surface area contributed by atoms with E-state index >= 15 is 0 Å². The Morgan fingerprint density at radius 1 is 1.32 bits per heavy atom. The average molecular weight is 324 g/mol. The van der Waals surface area contributed by atoms with E-state index < -0.39 is 0 Å². The van der Waals surface area contributed by atoms with Gasteiger partial charge in [0.05, 0.1) is 10.7 Å². The number of carbonyl (C=O) groups is 1. The standard InChI is InChI=1S/C17H26ClN3O/c1-13(2)12-20(3)17(22)19-14-7-8-16(15(18)11-14)21-9-5-4-6-10-21/h7-8,11,13H,4-6,9-10,12H2,1-3H3,(H,19,22). The molecule has 4 nitrogen and oxygen atoms in total. The fourth-order valence-electron chi connectivity index (χ4n) is 2.83. The van der Waals surface area contributed by atoms with Gasteiger partial charge in [0.2, 0.25) is 0 Å². The van der Waals surface area contributed by atoms with E-state index in [0.29, 0.717) is 10.9 Å². The molecule has 0 bridgehead atoms. The fraction of sp³-hybridized carbons (Fsp3) is 0.588. The Bertz CT molecular complexity index is 513. The summed E-state index contributed by atoms with van der Waals surface area (Å²) >= 11 is 6.40. The molecule has 0 aromatic heterocycles. The second-order valence-corrected chi connectivity index (χ2v) is 6.83. The molecule has 0 radical (unpaired) electrons. The van der Waals surface area contributed by atoms with Crippen LogP contribution >= 0.6 is 11.6 Å². The molecule has 1 aliphatic heterocycles. The highest BCUT2D eigenvalue weighted by Crippen LogP contribution is 2.30. The molecule has 1 saturated heterocycles. The van der Waals surface area contributed by atoms with Crippen molar-refractivity contribution in [1.29, 1.82) is 0 Å². The molecule has 0 atom stereocenters. The second-order valence-electron chi connectivity index (χ2n) is 6.42. The minimum atomic E-state index is -0.101. The number of halogens is 1. The molecular weight excluding hydrogens is 298 g/mol. The number of nitrogens with zero attached hydrogens (tertiary/aromatic N) is 2. The van der Waals surface area contributed by atoms with Gasteiger partial charge in [0.15, 0.2) is 0 Å². The van der Waals surface area contributed by atoms with Crippen molar-refractivity contribution in [2.45, 2.75) is 33.1 Å². The van der Waals surface area contributed by atoms with Crippen LogP contribution in [0.1, 0.15) is 33.1 Å². The van der Waals surface area contributed by atoms with Gasteiger partial charge in [0.1, 0.15) is 0 Å². The molecule has 1 fully saturated rings.